The Balaban J connectivity index is 2.07. The molecule has 26 heavy (non-hydrogen) atoms. The third kappa shape index (κ3) is 5.03. The molecule has 0 heterocycles. The van der Waals surface area contributed by atoms with E-state index in [1.54, 1.807) is 13.8 Å². The molecule has 0 fully saturated rings. The summed E-state index contributed by atoms with van der Waals surface area (Å²) in [4.78, 5) is 21.9. The predicted octanol–water partition coefficient (Wildman–Crippen LogP) is 4.63. The van der Waals surface area contributed by atoms with Crippen LogP contribution in [0.25, 0.3) is 0 Å². The number of ether oxygens (including phenoxy) is 2. The SMILES string of the molecule is CC(C)(COc1ccc(C(=O)O)cc1Cl)Oc1ccc(C(=O)O)cc1Cl. The number of hydrogen-bond donors (Lipinski definition) is 2. The Kier molecular flexibility index (Phi) is 6.00. The standard InChI is InChI=1S/C18H16Cl2O6/c1-18(2,26-15-6-4-11(17(23)24)8-13(15)20)9-25-14-5-3-10(16(21)22)7-12(14)19/h3-8H,9H2,1-2H3,(H,21,22)(H,23,24). The highest BCUT2D eigenvalue weighted by atomic mass is 35.5. The van der Waals surface area contributed by atoms with Crippen molar-refractivity contribution in [3.63, 3.8) is 0 Å². The maximum Gasteiger partial charge on any atom is 0.335 e. The first-order valence-corrected chi connectivity index (χ1v) is 8.22. The number of carboxylic acids is 2. The summed E-state index contributed by atoms with van der Waals surface area (Å²) in [5.74, 6) is -1.53. The maximum atomic E-state index is 10.9. The van der Waals surface area contributed by atoms with Gasteiger partial charge in [0.2, 0.25) is 0 Å². The van der Waals surface area contributed by atoms with Crippen LogP contribution in [0.4, 0.5) is 0 Å². The van der Waals surface area contributed by atoms with Gasteiger partial charge in [-0.05, 0) is 50.2 Å². The summed E-state index contributed by atoms with van der Waals surface area (Å²) >= 11 is 12.1. The number of carboxylic acid groups (broad SMARTS) is 2. The Morgan fingerprint density at radius 2 is 1.38 bits per heavy atom. The first-order valence-electron chi connectivity index (χ1n) is 7.46. The Morgan fingerprint density at radius 1 is 0.923 bits per heavy atom. The van der Waals surface area contributed by atoms with Gasteiger partial charge in [-0.1, -0.05) is 23.2 Å². The van der Waals surface area contributed by atoms with Crippen LogP contribution in [0.5, 0.6) is 11.5 Å². The molecule has 0 unspecified atom stereocenters. The van der Waals surface area contributed by atoms with E-state index in [0.29, 0.717) is 11.5 Å². The molecule has 0 saturated heterocycles. The summed E-state index contributed by atoms with van der Waals surface area (Å²) < 4.78 is 11.4. The zero-order valence-electron chi connectivity index (χ0n) is 14.0. The highest BCUT2D eigenvalue weighted by Crippen LogP contribution is 2.30. The largest absolute Gasteiger partial charge is 0.488 e. The first-order chi connectivity index (χ1) is 12.1. The van der Waals surface area contributed by atoms with Gasteiger partial charge in [0.25, 0.3) is 0 Å². The second kappa shape index (κ2) is 7.85. The third-order valence-electron chi connectivity index (χ3n) is 3.32. The van der Waals surface area contributed by atoms with E-state index in [0.717, 1.165) is 0 Å². The van der Waals surface area contributed by atoms with Crippen molar-refractivity contribution in [3.8, 4) is 11.5 Å². The molecule has 0 amide bonds. The van der Waals surface area contributed by atoms with Crippen LogP contribution in [0.3, 0.4) is 0 Å². The van der Waals surface area contributed by atoms with Crippen molar-refractivity contribution in [2.24, 2.45) is 0 Å². The van der Waals surface area contributed by atoms with E-state index in [1.165, 1.54) is 36.4 Å². The van der Waals surface area contributed by atoms with Crippen molar-refractivity contribution in [1.29, 1.82) is 0 Å². The molecule has 0 aromatic heterocycles. The Labute approximate surface area is 159 Å². The topological polar surface area (TPSA) is 93.1 Å². The van der Waals surface area contributed by atoms with Crippen LogP contribution in [0, 0.1) is 0 Å². The van der Waals surface area contributed by atoms with E-state index >= 15 is 0 Å². The molecule has 0 aliphatic carbocycles. The average molecular weight is 399 g/mol. The lowest BCUT2D eigenvalue weighted by molar-refractivity contribution is 0.0521. The minimum atomic E-state index is -1.08. The van der Waals surface area contributed by atoms with Crippen LogP contribution in [-0.4, -0.2) is 34.4 Å². The molecule has 0 radical (unpaired) electrons. The molecule has 0 saturated carbocycles. The molecule has 2 aromatic rings. The minimum Gasteiger partial charge on any atom is -0.488 e. The molecule has 6 nitrogen and oxygen atoms in total. The van der Waals surface area contributed by atoms with Gasteiger partial charge in [-0.15, -0.1) is 0 Å². The monoisotopic (exact) mass is 398 g/mol. The number of carbonyl (C=O) groups is 2. The average Bonchev–Trinajstić information content (AvgIpc) is 2.55. The predicted molar refractivity (Wildman–Crippen MR) is 97.0 cm³/mol. The van der Waals surface area contributed by atoms with E-state index in [9.17, 15) is 9.59 Å². The minimum absolute atomic E-state index is 0.0571. The molecule has 0 atom stereocenters. The summed E-state index contributed by atoms with van der Waals surface area (Å²) in [7, 11) is 0. The second-order valence-corrected chi connectivity index (χ2v) is 6.87. The summed E-state index contributed by atoms with van der Waals surface area (Å²) in [6, 6.07) is 8.33. The summed E-state index contributed by atoms with van der Waals surface area (Å²) in [5.41, 5.74) is -0.701. The van der Waals surface area contributed by atoms with Gasteiger partial charge < -0.3 is 19.7 Å². The lowest BCUT2D eigenvalue weighted by Gasteiger charge is -2.27. The number of aromatic carboxylic acids is 2. The van der Waals surface area contributed by atoms with Gasteiger partial charge in [0, 0.05) is 0 Å². The van der Waals surface area contributed by atoms with E-state index in [1.807, 2.05) is 0 Å². The molecule has 0 aliphatic rings. The van der Waals surface area contributed by atoms with Gasteiger partial charge in [0.1, 0.15) is 23.7 Å². The third-order valence-corrected chi connectivity index (χ3v) is 3.91. The van der Waals surface area contributed by atoms with Gasteiger partial charge in [-0.25, -0.2) is 9.59 Å². The number of halogens is 2. The van der Waals surface area contributed by atoms with Crippen LogP contribution in [0.1, 0.15) is 34.6 Å². The van der Waals surface area contributed by atoms with Crippen molar-refractivity contribution < 1.29 is 29.3 Å². The highest BCUT2D eigenvalue weighted by molar-refractivity contribution is 6.32. The number of hydrogen-bond acceptors (Lipinski definition) is 4. The molecule has 0 spiro atoms. The van der Waals surface area contributed by atoms with E-state index in [-0.39, 0.29) is 27.8 Å². The van der Waals surface area contributed by atoms with Crippen molar-refractivity contribution in [1.82, 2.24) is 0 Å². The van der Waals surface area contributed by atoms with Crippen molar-refractivity contribution in [2.45, 2.75) is 19.4 Å². The Morgan fingerprint density at radius 3 is 1.81 bits per heavy atom. The lowest BCUT2D eigenvalue weighted by atomic mass is 10.1. The van der Waals surface area contributed by atoms with Crippen LogP contribution in [-0.2, 0) is 0 Å². The highest BCUT2D eigenvalue weighted by Gasteiger charge is 2.23. The summed E-state index contributed by atoms with van der Waals surface area (Å²) in [6.45, 7) is 3.61. The molecule has 0 bridgehead atoms. The smallest absolute Gasteiger partial charge is 0.335 e. The van der Waals surface area contributed by atoms with Crippen molar-refractivity contribution in [2.75, 3.05) is 6.61 Å². The van der Waals surface area contributed by atoms with Crippen LogP contribution >= 0.6 is 23.2 Å². The van der Waals surface area contributed by atoms with Crippen LogP contribution < -0.4 is 9.47 Å². The molecular formula is C18H16Cl2O6. The van der Waals surface area contributed by atoms with E-state index < -0.39 is 17.5 Å². The molecule has 2 aromatic carbocycles. The quantitative estimate of drug-likeness (QED) is 0.706. The fraction of sp³-hybridized carbons (Fsp3) is 0.222. The summed E-state index contributed by atoms with van der Waals surface area (Å²) in [5, 5.41) is 18.2. The van der Waals surface area contributed by atoms with Crippen molar-refractivity contribution >= 4 is 35.1 Å². The molecule has 138 valence electrons. The van der Waals surface area contributed by atoms with Gasteiger partial charge in [0.15, 0.2) is 0 Å². The van der Waals surface area contributed by atoms with Crippen LogP contribution in [0.15, 0.2) is 36.4 Å². The van der Waals surface area contributed by atoms with Crippen molar-refractivity contribution in [3.05, 3.63) is 57.6 Å². The normalized spacial score (nSPS) is 11.1. The lowest BCUT2D eigenvalue weighted by Crippen LogP contribution is -2.35. The Hall–Kier alpha value is -2.44. The second-order valence-electron chi connectivity index (χ2n) is 6.05. The van der Waals surface area contributed by atoms with Crippen LogP contribution in [0.2, 0.25) is 10.0 Å². The Bertz CT molecular complexity index is 848. The summed E-state index contributed by atoms with van der Waals surface area (Å²) in [6.07, 6.45) is 0. The zero-order valence-corrected chi connectivity index (χ0v) is 15.5. The first kappa shape index (κ1) is 19.9. The van der Waals surface area contributed by atoms with E-state index in [2.05, 4.69) is 0 Å². The van der Waals surface area contributed by atoms with Gasteiger partial charge in [0.05, 0.1) is 21.2 Å². The number of rotatable bonds is 7. The van der Waals surface area contributed by atoms with E-state index in [4.69, 9.17) is 42.9 Å². The fourth-order valence-corrected chi connectivity index (χ4v) is 2.50. The zero-order chi connectivity index (χ0) is 19.5. The molecular weight excluding hydrogens is 383 g/mol. The molecule has 2 N–H and O–H groups in total. The number of benzene rings is 2. The fourth-order valence-electron chi connectivity index (χ4n) is 2.05. The molecule has 8 heteroatoms. The van der Waals surface area contributed by atoms with Gasteiger partial charge in [-0.3, -0.25) is 0 Å². The molecule has 2 rings (SSSR count). The maximum absolute atomic E-state index is 10.9. The van der Waals surface area contributed by atoms with Gasteiger partial charge >= 0.3 is 11.9 Å². The molecule has 0 aliphatic heterocycles. The van der Waals surface area contributed by atoms with Gasteiger partial charge in [-0.2, -0.15) is 0 Å².